The summed E-state index contributed by atoms with van der Waals surface area (Å²) in [6.07, 6.45) is 4.06. The second-order valence-electron chi connectivity index (χ2n) is 4.42. The monoisotopic (exact) mass is 224 g/mol. The molecule has 1 saturated heterocycles. The maximum atomic E-state index is 5.56. The van der Waals surface area contributed by atoms with Crippen LogP contribution >= 0.6 is 0 Å². The van der Waals surface area contributed by atoms with Gasteiger partial charge in [-0.05, 0) is 26.3 Å². The third-order valence-electron chi connectivity index (χ3n) is 2.96. The van der Waals surface area contributed by atoms with Crippen LogP contribution in [-0.2, 0) is 11.3 Å². The zero-order valence-corrected chi connectivity index (χ0v) is 10.0. The molecule has 1 aliphatic rings. The summed E-state index contributed by atoms with van der Waals surface area (Å²) < 4.78 is 11.1. The topological polar surface area (TPSA) is 47.3 Å². The lowest BCUT2D eigenvalue weighted by molar-refractivity contribution is 0.122. The lowest BCUT2D eigenvalue weighted by atomic mass is 10.0. The maximum absolute atomic E-state index is 5.56. The van der Waals surface area contributed by atoms with E-state index in [1.165, 1.54) is 0 Å². The number of oxazole rings is 1. The van der Waals surface area contributed by atoms with E-state index in [9.17, 15) is 0 Å². The summed E-state index contributed by atoms with van der Waals surface area (Å²) in [5, 5.41) is 3.35. The van der Waals surface area contributed by atoms with E-state index in [-0.39, 0.29) is 0 Å². The van der Waals surface area contributed by atoms with Crippen LogP contribution in [0.3, 0.4) is 0 Å². The molecule has 0 saturated carbocycles. The van der Waals surface area contributed by atoms with Gasteiger partial charge in [0.1, 0.15) is 5.76 Å². The highest BCUT2D eigenvalue weighted by Gasteiger charge is 2.28. The van der Waals surface area contributed by atoms with Gasteiger partial charge in [0.15, 0.2) is 6.39 Å². The van der Waals surface area contributed by atoms with Crippen molar-refractivity contribution in [3.8, 4) is 0 Å². The molecule has 4 nitrogen and oxygen atoms in total. The van der Waals surface area contributed by atoms with Gasteiger partial charge < -0.3 is 14.5 Å². The van der Waals surface area contributed by atoms with E-state index in [1.54, 1.807) is 6.39 Å². The lowest BCUT2D eigenvalue weighted by Crippen LogP contribution is -2.16. The molecule has 4 heteroatoms. The van der Waals surface area contributed by atoms with E-state index >= 15 is 0 Å². The summed E-state index contributed by atoms with van der Waals surface area (Å²) in [5.41, 5.74) is 1.04. The molecule has 0 radical (unpaired) electrons. The van der Waals surface area contributed by atoms with Crippen LogP contribution in [0.5, 0.6) is 0 Å². The van der Waals surface area contributed by atoms with Crippen molar-refractivity contribution in [3.63, 3.8) is 0 Å². The van der Waals surface area contributed by atoms with Crippen LogP contribution in [-0.4, -0.2) is 24.2 Å². The highest BCUT2D eigenvalue weighted by molar-refractivity contribution is 5.14. The maximum Gasteiger partial charge on any atom is 0.181 e. The highest BCUT2D eigenvalue weighted by Crippen LogP contribution is 2.30. The van der Waals surface area contributed by atoms with E-state index in [0.29, 0.717) is 12.0 Å². The molecule has 0 bridgehead atoms. The smallest absolute Gasteiger partial charge is 0.181 e. The third kappa shape index (κ3) is 2.62. The Morgan fingerprint density at radius 1 is 1.56 bits per heavy atom. The van der Waals surface area contributed by atoms with Crippen molar-refractivity contribution in [1.29, 1.82) is 0 Å². The minimum absolute atomic E-state index is 0.339. The van der Waals surface area contributed by atoms with Gasteiger partial charge in [0.05, 0.1) is 18.4 Å². The van der Waals surface area contributed by atoms with Crippen molar-refractivity contribution in [3.05, 3.63) is 17.8 Å². The minimum Gasteiger partial charge on any atom is -0.448 e. The molecule has 0 aromatic carbocycles. The zero-order chi connectivity index (χ0) is 11.4. The molecule has 16 heavy (non-hydrogen) atoms. The Hall–Kier alpha value is -0.870. The largest absolute Gasteiger partial charge is 0.448 e. The molecular weight excluding hydrogens is 204 g/mol. The number of ether oxygens (including phenoxy) is 1. The average molecular weight is 224 g/mol. The average Bonchev–Trinajstić information content (AvgIpc) is 2.87. The number of rotatable bonds is 5. The fourth-order valence-corrected chi connectivity index (χ4v) is 2.13. The van der Waals surface area contributed by atoms with Crippen molar-refractivity contribution in [2.24, 2.45) is 0 Å². The summed E-state index contributed by atoms with van der Waals surface area (Å²) in [4.78, 5) is 4.27. The first-order valence-corrected chi connectivity index (χ1v) is 6.05. The van der Waals surface area contributed by atoms with Crippen molar-refractivity contribution in [2.45, 2.75) is 45.3 Å². The van der Waals surface area contributed by atoms with E-state index in [2.05, 4.69) is 24.1 Å². The lowest BCUT2D eigenvalue weighted by Gasteiger charge is -2.06. The molecule has 1 N–H and O–H groups in total. The predicted octanol–water partition coefficient (Wildman–Crippen LogP) is 2.07. The molecule has 1 aromatic rings. The molecule has 90 valence electrons. The molecular formula is C12H20N2O2. The minimum atomic E-state index is 0.339. The van der Waals surface area contributed by atoms with Crippen LogP contribution in [0.15, 0.2) is 10.8 Å². The van der Waals surface area contributed by atoms with Gasteiger partial charge in [-0.15, -0.1) is 0 Å². The summed E-state index contributed by atoms with van der Waals surface area (Å²) in [5.74, 6) is 1.39. The van der Waals surface area contributed by atoms with Gasteiger partial charge in [-0.3, -0.25) is 0 Å². The van der Waals surface area contributed by atoms with Gasteiger partial charge in [-0.25, -0.2) is 4.98 Å². The van der Waals surface area contributed by atoms with Gasteiger partial charge in [-0.1, -0.05) is 6.92 Å². The van der Waals surface area contributed by atoms with Crippen molar-refractivity contribution >= 4 is 0 Å². The van der Waals surface area contributed by atoms with E-state index in [4.69, 9.17) is 9.15 Å². The van der Waals surface area contributed by atoms with Crippen LogP contribution < -0.4 is 5.32 Å². The van der Waals surface area contributed by atoms with Crippen molar-refractivity contribution in [1.82, 2.24) is 10.3 Å². The number of aromatic nitrogens is 1. The van der Waals surface area contributed by atoms with Crippen LogP contribution in [0.1, 0.15) is 44.1 Å². The van der Waals surface area contributed by atoms with Gasteiger partial charge >= 0.3 is 0 Å². The van der Waals surface area contributed by atoms with Crippen molar-refractivity contribution in [2.75, 3.05) is 13.2 Å². The van der Waals surface area contributed by atoms with Crippen LogP contribution in [0.25, 0.3) is 0 Å². The van der Waals surface area contributed by atoms with Gasteiger partial charge in [-0.2, -0.15) is 0 Å². The molecule has 0 amide bonds. The third-order valence-corrected chi connectivity index (χ3v) is 2.96. The van der Waals surface area contributed by atoms with Crippen molar-refractivity contribution < 1.29 is 9.15 Å². The van der Waals surface area contributed by atoms with E-state index < -0.39 is 0 Å². The summed E-state index contributed by atoms with van der Waals surface area (Å²) in [7, 11) is 0. The molecule has 1 aliphatic heterocycles. The summed E-state index contributed by atoms with van der Waals surface area (Å²) in [6.45, 7) is 6.83. The fourth-order valence-electron chi connectivity index (χ4n) is 2.13. The van der Waals surface area contributed by atoms with Crippen LogP contribution in [0.2, 0.25) is 0 Å². The zero-order valence-electron chi connectivity index (χ0n) is 10.0. The fraction of sp³-hybridized carbons (Fsp3) is 0.750. The molecule has 1 fully saturated rings. The Bertz CT molecular complexity index is 325. The second-order valence-corrected chi connectivity index (χ2v) is 4.42. The Balaban J connectivity index is 1.96. The molecule has 0 spiro atoms. The molecule has 1 aromatic heterocycles. The summed E-state index contributed by atoms with van der Waals surface area (Å²) in [6, 6.07) is 0. The molecule has 0 aliphatic carbocycles. The first kappa shape index (κ1) is 11.6. The van der Waals surface area contributed by atoms with Crippen LogP contribution in [0.4, 0.5) is 0 Å². The van der Waals surface area contributed by atoms with E-state index in [0.717, 1.165) is 44.0 Å². The Morgan fingerprint density at radius 2 is 2.44 bits per heavy atom. The van der Waals surface area contributed by atoms with Crippen LogP contribution in [0, 0.1) is 0 Å². The molecule has 2 unspecified atom stereocenters. The summed E-state index contributed by atoms with van der Waals surface area (Å²) >= 11 is 0. The van der Waals surface area contributed by atoms with Gasteiger partial charge in [0.25, 0.3) is 0 Å². The quantitative estimate of drug-likeness (QED) is 0.778. The number of hydrogen-bond acceptors (Lipinski definition) is 4. The normalized spacial score (nSPS) is 25.1. The first-order chi connectivity index (χ1) is 7.81. The first-order valence-electron chi connectivity index (χ1n) is 6.05. The SMILES string of the molecule is CCCNCc1ncoc1C1COC(C)C1. The highest BCUT2D eigenvalue weighted by atomic mass is 16.5. The number of nitrogens with one attached hydrogen (secondary N) is 1. The molecule has 2 atom stereocenters. The van der Waals surface area contributed by atoms with E-state index in [1.807, 2.05) is 0 Å². The van der Waals surface area contributed by atoms with Gasteiger partial charge in [0, 0.05) is 12.5 Å². The Labute approximate surface area is 96.4 Å². The van der Waals surface area contributed by atoms with Gasteiger partial charge in [0.2, 0.25) is 0 Å². The Kier molecular flexibility index (Phi) is 3.96. The second kappa shape index (κ2) is 5.46. The predicted molar refractivity (Wildman–Crippen MR) is 61.3 cm³/mol. The standard InChI is InChI=1S/C12H20N2O2/c1-3-4-13-6-11-12(16-8-14-11)10-5-9(2)15-7-10/h8-10,13H,3-7H2,1-2H3. The number of nitrogens with zero attached hydrogens (tertiary/aromatic N) is 1. The Morgan fingerprint density at radius 3 is 3.12 bits per heavy atom. The number of hydrogen-bond donors (Lipinski definition) is 1. The molecule has 2 rings (SSSR count). The molecule has 2 heterocycles.